The number of Topliss-reactive ketones (excluding diaryl/α,β-unsaturated/α-hetero) is 1. The molecule has 5 heterocycles. The molecular formula is C33H37N7O3. The van der Waals surface area contributed by atoms with Crippen LogP contribution in [0.1, 0.15) is 40.0 Å². The van der Waals surface area contributed by atoms with Crippen molar-refractivity contribution in [3.63, 3.8) is 0 Å². The normalized spacial score (nSPS) is 17.6. The number of ether oxygens (including phenoxy) is 1. The summed E-state index contributed by atoms with van der Waals surface area (Å²) >= 11 is 0. The lowest BCUT2D eigenvalue weighted by Crippen LogP contribution is -2.47. The number of nitrogens with zero attached hydrogens (tertiary/aromatic N) is 5. The van der Waals surface area contributed by atoms with Gasteiger partial charge in [0.15, 0.2) is 5.78 Å². The molecule has 2 saturated heterocycles. The number of rotatable bonds is 9. The number of amides is 1. The molecule has 2 N–H and O–H groups in total. The number of ketones is 1. The third-order valence-corrected chi connectivity index (χ3v) is 8.36. The quantitative estimate of drug-likeness (QED) is 0.227. The van der Waals surface area contributed by atoms with Gasteiger partial charge in [0.2, 0.25) is 5.91 Å². The Labute approximate surface area is 251 Å². The van der Waals surface area contributed by atoms with E-state index in [0.717, 1.165) is 83.8 Å². The summed E-state index contributed by atoms with van der Waals surface area (Å²) in [5, 5.41) is 4.00. The van der Waals surface area contributed by atoms with Gasteiger partial charge >= 0.3 is 0 Å². The van der Waals surface area contributed by atoms with Crippen LogP contribution in [-0.2, 0) is 22.5 Å². The summed E-state index contributed by atoms with van der Waals surface area (Å²) in [7, 11) is 0. The Morgan fingerprint density at radius 1 is 1.12 bits per heavy atom. The Kier molecular flexibility index (Phi) is 8.57. The van der Waals surface area contributed by atoms with Crippen LogP contribution in [0.25, 0.3) is 22.3 Å². The first-order valence-corrected chi connectivity index (χ1v) is 14.9. The van der Waals surface area contributed by atoms with E-state index in [-0.39, 0.29) is 24.2 Å². The number of nitrogens with one attached hydrogen (secondary N) is 2. The van der Waals surface area contributed by atoms with E-state index in [9.17, 15) is 9.59 Å². The Balaban J connectivity index is 1.12. The number of fused-ring (bicyclic) bond motifs is 1. The van der Waals surface area contributed by atoms with Gasteiger partial charge in [-0.2, -0.15) is 0 Å². The van der Waals surface area contributed by atoms with Crippen molar-refractivity contribution in [2.45, 2.75) is 38.8 Å². The van der Waals surface area contributed by atoms with Gasteiger partial charge < -0.3 is 19.9 Å². The predicted octanol–water partition coefficient (Wildman–Crippen LogP) is 3.86. The minimum absolute atomic E-state index is 0.00194. The third kappa shape index (κ3) is 6.50. The number of pyridine rings is 1. The van der Waals surface area contributed by atoms with Gasteiger partial charge in [0.05, 0.1) is 18.6 Å². The number of H-pyrrole nitrogens is 1. The molecule has 10 heteroatoms. The fraction of sp³-hybridized carbons (Fsp3) is 0.364. The number of piperidine rings is 1. The molecule has 3 aromatic heterocycles. The zero-order valence-corrected chi connectivity index (χ0v) is 24.5. The summed E-state index contributed by atoms with van der Waals surface area (Å²) < 4.78 is 5.50. The number of carbonyl (C=O) groups is 2. The van der Waals surface area contributed by atoms with Gasteiger partial charge in [0, 0.05) is 50.5 Å². The summed E-state index contributed by atoms with van der Waals surface area (Å²) in [4.78, 5) is 46.6. The van der Waals surface area contributed by atoms with Crippen LogP contribution in [0.15, 0.2) is 61.6 Å². The molecule has 4 aromatic rings. The SMILES string of the molecule is C=CC(=O)NC1CCCN(Cc2ccnc(C(=O)Cc3ccc(-c4cc5c(N6CCOCC6)ncnc5[nH]4)cc3)c2C)C1. The van der Waals surface area contributed by atoms with E-state index in [1.165, 1.54) is 6.08 Å². The second-order valence-electron chi connectivity index (χ2n) is 11.3. The van der Waals surface area contributed by atoms with Gasteiger partial charge in [-0.25, -0.2) is 9.97 Å². The molecule has 0 aliphatic carbocycles. The monoisotopic (exact) mass is 579 g/mol. The van der Waals surface area contributed by atoms with Crippen LogP contribution in [0.5, 0.6) is 0 Å². The number of aromatic amines is 1. The molecule has 2 aliphatic heterocycles. The van der Waals surface area contributed by atoms with Gasteiger partial charge in [-0.15, -0.1) is 0 Å². The summed E-state index contributed by atoms with van der Waals surface area (Å²) in [6, 6.07) is 12.2. The number of morpholine rings is 1. The molecule has 1 amide bonds. The molecule has 43 heavy (non-hydrogen) atoms. The number of aromatic nitrogens is 4. The highest BCUT2D eigenvalue weighted by Crippen LogP contribution is 2.29. The molecule has 0 spiro atoms. The molecule has 222 valence electrons. The van der Waals surface area contributed by atoms with E-state index < -0.39 is 0 Å². The smallest absolute Gasteiger partial charge is 0.243 e. The fourth-order valence-electron chi connectivity index (χ4n) is 6.03. The molecular weight excluding hydrogens is 542 g/mol. The maximum Gasteiger partial charge on any atom is 0.243 e. The standard InChI is InChI=1S/C33H37N7O3/c1-3-30(42)37-26-5-4-12-39(20-26)19-25-10-11-34-31(22(25)2)29(41)17-23-6-8-24(9-7-23)28-18-27-32(38-28)35-21-36-33(27)40-13-15-43-16-14-40/h3,6-11,18,21,26H,1,4-5,12-17,19-20H2,2H3,(H,37,42)(H,35,36,38). The molecule has 1 aromatic carbocycles. The molecule has 10 nitrogen and oxygen atoms in total. The average Bonchev–Trinajstić information content (AvgIpc) is 3.48. The summed E-state index contributed by atoms with van der Waals surface area (Å²) in [6.07, 6.45) is 6.88. The van der Waals surface area contributed by atoms with E-state index >= 15 is 0 Å². The topological polar surface area (TPSA) is 116 Å². The van der Waals surface area contributed by atoms with Crippen LogP contribution in [0.4, 0.5) is 5.82 Å². The van der Waals surface area contributed by atoms with Crippen LogP contribution in [0, 0.1) is 6.92 Å². The number of hydrogen-bond donors (Lipinski definition) is 2. The number of benzene rings is 1. The zero-order valence-electron chi connectivity index (χ0n) is 24.5. The number of carbonyl (C=O) groups excluding carboxylic acids is 2. The van der Waals surface area contributed by atoms with E-state index in [4.69, 9.17) is 4.74 Å². The van der Waals surface area contributed by atoms with Crippen molar-refractivity contribution in [3.05, 3.63) is 84.0 Å². The van der Waals surface area contributed by atoms with Crippen molar-refractivity contribution in [2.75, 3.05) is 44.3 Å². The first kappa shape index (κ1) is 28.7. The molecule has 1 unspecified atom stereocenters. The average molecular weight is 580 g/mol. The molecule has 1 atom stereocenters. The second-order valence-corrected chi connectivity index (χ2v) is 11.3. The summed E-state index contributed by atoms with van der Waals surface area (Å²) in [5.74, 6) is 0.780. The molecule has 2 aliphatic rings. The van der Waals surface area contributed by atoms with Crippen molar-refractivity contribution in [3.8, 4) is 11.3 Å². The van der Waals surface area contributed by atoms with Crippen LogP contribution in [0.3, 0.4) is 0 Å². The van der Waals surface area contributed by atoms with Crippen LogP contribution < -0.4 is 10.2 Å². The van der Waals surface area contributed by atoms with E-state index in [0.29, 0.717) is 25.5 Å². The lowest BCUT2D eigenvalue weighted by atomic mass is 9.98. The lowest BCUT2D eigenvalue weighted by molar-refractivity contribution is -0.117. The van der Waals surface area contributed by atoms with Gasteiger partial charge in [0.1, 0.15) is 23.5 Å². The molecule has 2 fully saturated rings. The van der Waals surface area contributed by atoms with Crippen molar-refractivity contribution in [2.24, 2.45) is 0 Å². The third-order valence-electron chi connectivity index (χ3n) is 8.36. The van der Waals surface area contributed by atoms with Gasteiger partial charge in [-0.3, -0.25) is 19.5 Å². The molecule has 6 rings (SSSR count). The Morgan fingerprint density at radius 3 is 2.72 bits per heavy atom. The molecule has 0 saturated carbocycles. The minimum Gasteiger partial charge on any atom is -0.378 e. The van der Waals surface area contributed by atoms with Crippen molar-refractivity contribution >= 4 is 28.5 Å². The van der Waals surface area contributed by atoms with Crippen molar-refractivity contribution in [1.29, 1.82) is 0 Å². The van der Waals surface area contributed by atoms with Crippen LogP contribution in [-0.4, -0.2) is 82.0 Å². The maximum atomic E-state index is 13.4. The first-order valence-electron chi connectivity index (χ1n) is 14.9. The molecule has 0 bridgehead atoms. The van der Waals surface area contributed by atoms with Gasteiger partial charge in [-0.05, 0) is 66.8 Å². The van der Waals surface area contributed by atoms with Crippen molar-refractivity contribution < 1.29 is 14.3 Å². The number of likely N-dealkylation sites (tertiary alicyclic amines) is 1. The summed E-state index contributed by atoms with van der Waals surface area (Å²) in [5.41, 5.74) is 6.22. The van der Waals surface area contributed by atoms with Crippen LogP contribution in [0.2, 0.25) is 0 Å². The van der Waals surface area contributed by atoms with Crippen molar-refractivity contribution in [1.82, 2.24) is 30.2 Å². The highest BCUT2D eigenvalue weighted by atomic mass is 16.5. The fourth-order valence-corrected chi connectivity index (χ4v) is 6.03. The highest BCUT2D eigenvalue weighted by Gasteiger charge is 2.23. The Hall–Kier alpha value is -4.41. The maximum absolute atomic E-state index is 13.4. The Bertz CT molecular complexity index is 1630. The lowest BCUT2D eigenvalue weighted by Gasteiger charge is -2.33. The Morgan fingerprint density at radius 2 is 1.93 bits per heavy atom. The van der Waals surface area contributed by atoms with E-state index in [2.05, 4.69) is 47.7 Å². The van der Waals surface area contributed by atoms with E-state index in [1.807, 2.05) is 37.3 Å². The predicted molar refractivity (Wildman–Crippen MR) is 166 cm³/mol. The number of anilines is 1. The first-order chi connectivity index (χ1) is 21.0. The number of hydrogen-bond acceptors (Lipinski definition) is 8. The minimum atomic E-state index is -0.138. The van der Waals surface area contributed by atoms with E-state index in [1.54, 1.807) is 12.5 Å². The molecule has 0 radical (unpaired) electrons. The highest BCUT2D eigenvalue weighted by molar-refractivity contribution is 5.97. The summed E-state index contributed by atoms with van der Waals surface area (Å²) in [6.45, 7) is 11.0. The van der Waals surface area contributed by atoms with Gasteiger partial charge in [0.25, 0.3) is 0 Å². The second kappa shape index (κ2) is 12.8. The zero-order chi connectivity index (χ0) is 29.8. The largest absolute Gasteiger partial charge is 0.378 e. The van der Waals surface area contributed by atoms with Gasteiger partial charge in [-0.1, -0.05) is 30.8 Å². The van der Waals surface area contributed by atoms with Crippen LogP contribution >= 0.6 is 0 Å².